The van der Waals surface area contributed by atoms with E-state index in [1.54, 1.807) is 13.0 Å². The minimum atomic E-state index is -1.56. The molecule has 0 saturated heterocycles. The fraction of sp³-hybridized carbons (Fsp3) is 0.182. The van der Waals surface area contributed by atoms with Gasteiger partial charge in [0.05, 0.1) is 6.61 Å². The molecule has 17 heavy (non-hydrogen) atoms. The molecule has 0 fully saturated rings. The second-order valence-electron chi connectivity index (χ2n) is 3.50. The van der Waals surface area contributed by atoms with Crippen molar-refractivity contribution in [3.05, 3.63) is 30.0 Å². The van der Waals surface area contributed by atoms with E-state index in [1.165, 1.54) is 18.4 Å². The summed E-state index contributed by atoms with van der Waals surface area (Å²) in [6.07, 6.45) is 1.30. The summed E-state index contributed by atoms with van der Waals surface area (Å²) < 4.78 is 10.1. The van der Waals surface area contributed by atoms with E-state index in [0.29, 0.717) is 28.6 Å². The zero-order valence-corrected chi connectivity index (χ0v) is 9.21. The third kappa shape index (κ3) is 2.18. The van der Waals surface area contributed by atoms with Gasteiger partial charge in [-0.05, 0) is 18.5 Å². The highest BCUT2D eigenvalue weighted by Gasteiger charge is 2.17. The van der Waals surface area contributed by atoms with Gasteiger partial charge in [-0.3, -0.25) is 0 Å². The minimum absolute atomic E-state index is 0.291. The number of carbonyl (C=O) groups excluding carboxylic acids is 1. The van der Waals surface area contributed by atoms with Crippen molar-refractivity contribution in [2.45, 2.75) is 6.92 Å². The van der Waals surface area contributed by atoms with Gasteiger partial charge in [-0.25, -0.2) is 4.79 Å². The SMILES string of the molecule is CCOC(=O)c1coc2cc(B(O)O)ccc12. The standard InChI is InChI=1S/C11H11BO5/c1-2-16-11(13)9-6-17-10-5-7(12(14)15)3-4-8(9)10/h3-6,14-15H,2H2,1H3. The number of esters is 1. The molecule has 0 aliphatic heterocycles. The van der Waals surface area contributed by atoms with Gasteiger partial charge >= 0.3 is 13.1 Å². The minimum Gasteiger partial charge on any atom is -0.463 e. The predicted molar refractivity (Wildman–Crippen MR) is 62.0 cm³/mol. The molecule has 2 aromatic rings. The molecule has 0 saturated carbocycles. The Morgan fingerprint density at radius 3 is 2.88 bits per heavy atom. The van der Waals surface area contributed by atoms with Gasteiger partial charge < -0.3 is 19.2 Å². The molecule has 0 spiro atoms. The van der Waals surface area contributed by atoms with E-state index in [-0.39, 0.29) is 0 Å². The van der Waals surface area contributed by atoms with E-state index in [1.807, 2.05) is 0 Å². The quantitative estimate of drug-likeness (QED) is 0.589. The van der Waals surface area contributed by atoms with E-state index < -0.39 is 13.1 Å². The fourth-order valence-electron chi connectivity index (χ4n) is 1.57. The van der Waals surface area contributed by atoms with Gasteiger partial charge in [0, 0.05) is 5.39 Å². The maximum Gasteiger partial charge on any atom is 0.488 e. The van der Waals surface area contributed by atoms with Crippen LogP contribution in [0.4, 0.5) is 0 Å². The first-order chi connectivity index (χ1) is 8.13. The van der Waals surface area contributed by atoms with Crippen LogP contribution in [0, 0.1) is 0 Å². The lowest BCUT2D eigenvalue weighted by atomic mass is 9.80. The summed E-state index contributed by atoms with van der Waals surface area (Å²) in [7, 11) is -1.56. The monoisotopic (exact) mass is 234 g/mol. The van der Waals surface area contributed by atoms with Gasteiger partial charge in [-0.15, -0.1) is 0 Å². The van der Waals surface area contributed by atoms with Crippen LogP contribution in [-0.4, -0.2) is 29.7 Å². The van der Waals surface area contributed by atoms with Crippen LogP contribution in [0.15, 0.2) is 28.9 Å². The van der Waals surface area contributed by atoms with E-state index >= 15 is 0 Å². The molecule has 0 aliphatic rings. The number of fused-ring (bicyclic) bond motifs is 1. The molecule has 0 unspecified atom stereocenters. The van der Waals surface area contributed by atoms with Crippen LogP contribution in [0.25, 0.3) is 11.0 Å². The first kappa shape index (κ1) is 11.7. The van der Waals surface area contributed by atoms with Crippen molar-refractivity contribution in [3.8, 4) is 0 Å². The average Bonchev–Trinajstić information content (AvgIpc) is 2.71. The van der Waals surface area contributed by atoms with Crippen molar-refractivity contribution in [3.63, 3.8) is 0 Å². The largest absolute Gasteiger partial charge is 0.488 e. The smallest absolute Gasteiger partial charge is 0.463 e. The predicted octanol–water partition coefficient (Wildman–Crippen LogP) is 0.289. The number of hydrogen-bond acceptors (Lipinski definition) is 5. The van der Waals surface area contributed by atoms with Gasteiger partial charge in [0.25, 0.3) is 0 Å². The maximum atomic E-state index is 11.6. The molecule has 88 valence electrons. The van der Waals surface area contributed by atoms with E-state index in [9.17, 15) is 4.79 Å². The topological polar surface area (TPSA) is 79.9 Å². The summed E-state index contributed by atoms with van der Waals surface area (Å²) in [6, 6.07) is 4.59. The molecule has 1 aromatic heterocycles. The van der Waals surface area contributed by atoms with Crippen molar-refractivity contribution in [2.75, 3.05) is 6.61 Å². The van der Waals surface area contributed by atoms with Crippen LogP contribution < -0.4 is 5.46 Å². The van der Waals surface area contributed by atoms with Crippen LogP contribution in [0.3, 0.4) is 0 Å². The highest BCUT2D eigenvalue weighted by Crippen LogP contribution is 2.20. The molecule has 1 heterocycles. The number of furan rings is 1. The molecular weight excluding hydrogens is 223 g/mol. The number of benzene rings is 1. The molecule has 2 N–H and O–H groups in total. The third-order valence-electron chi connectivity index (χ3n) is 2.39. The molecule has 0 amide bonds. The average molecular weight is 234 g/mol. The number of rotatable bonds is 3. The molecule has 0 radical (unpaired) electrons. The maximum absolute atomic E-state index is 11.6. The molecule has 1 aromatic carbocycles. The first-order valence-electron chi connectivity index (χ1n) is 5.18. The summed E-state index contributed by atoms with van der Waals surface area (Å²) in [4.78, 5) is 11.6. The van der Waals surface area contributed by atoms with Crippen molar-refractivity contribution in [2.24, 2.45) is 0 Å². The molecule has 0 aliphatic carbocycles. The Hall–Kier alpha value is -1.79. The molecule has 5 nitrogen and oxygen atoms in total. The third-order valence-corrected chi connectivity index (χ3v) is 2.39. The second-order valence-corrected chi connectivity index (χ2v) is 3.50. The lowest BCUT2D eigenvalue weighted by molar-refractivity contribution is 0.0527. The lowest BCUT2D eigenvalue weighted by Crippen LogP contribution is -2.29. The van der Waals surface area contributed by atoms with Gasteiger partial charge in [0.1, 0.15) is 17.4 Å². The molecule has 6 heteroatoms. The summed E-state index contributed by atoms with van der Waals surface area (Å²) in [6.45, 7) is 2.01. The Labute approximate surface area is 97.8 Å². The van der Waals surface area contributed by atoms with Gasteiger partial charge in [-0.1, -0.05) is 12.1 Å². The molecular formula is C11H11BO5. The van der Waals surface area contributed by atoms with Crippen LogP contribution in [0.5, 0.6) is 0 Å². The summed E-state index contributed by atoms with van der Waals surface area (Å²) in [5.74, 6) is -0.455. The van der Waals surface area contributed by atoms with Crippen molar-refractivity contribution >= 4 is 29.5 Å². The Morgan fingerprint density at radius 1 is 1.47 bits per heavy atom. The van der Waals surface area contributed by atoms with Crippen LogP contribution in [0.2, 0.25) is 0 Å². The van der Waals surface area contributed by atoms with Gasteiger partial charge in [-0.2, -0.15) is 0 Å². The van der Waals surface area contributed by atoms with Crippen LogP contribution in [-0.2, 0) is 4.74 Å². The van der Waals surface area contributed by atoms with Crippen molar-refractivity contribution in [1.29, 1.82) is 0 Å². The van der Waals surface area contributed by atoms with E-state index in [0.717, 1.165) is 0 Å². The summed E-state index contributed by atoms with van der Waals surface area (Å²) >= 11 is 0. The highest BCUT2D eigenvalue weighted by atomic mass is 16.5. The van der Waals surface area contributed by atoms with E-state index in [4.69, 9.17) is 19.2 Å². The Kier molecular flexibility index (Phi) is 3.17. The number of carbonyl (C=O) groups is 1. The normalized spacial score (nSPS) is 10.5. The summed E-state index contributed by atoms with van der Waals surface area (Å²) in [5.41, 5.74) is 1.06. The first-order valence-corrected chi connectivity index (χ1v) is 5.18. The Balaban J connectivity index is 2.45. The van der Waals surface area contributed by atoms with Crippen molar-refractivity contribution < 1.29 is 24.0 Å². The Morgan fingerprint density at radius 2 is 2.24 bits per heavy atom. The van der Waals surface area contributed by atoms with Gasteiger partial charge in [0.2, 0.25) is 0 Å². The van der Waals surface area contributed by atoms with Crippen LogP contribution in [0.1, 0.15) is 17.3 Å². The zero-order valence-electron chi connectivity index (χ0n) is 9.21. The molecule has 0 atom stereocenters. The highest BCUT2D eigenvalue weighted by molar-refractivity contribution is 6.58. The zero-order chi connectivity index (χ0) is 12.4. The Bertz CT molecular complexity index is 546. The lowest BCUT2D eigenvalue weighted by Gasteiger charge is -2.00. The second kappa shape index (κ2) is 4.61. The number of ether oxygens (including phenoxy) is 1. The van der Waals surface area contributed by atoms with Crippen LogP contribution >= 0.6 is 0 Å². The van der Waals surface area contributed by atoms with Crippen molar-refractivity contribution in [1.82, 2.24) is 0 Å². The summed E-state index contributed by atoms with van der Waals surface area (Å²) in [5, 5.41) is 18.6. The van der Waals surface area contributed by atoms with E-state index in [2.05, 4.69) is 0 Å². The van der Waals surface area contributed by atoms with Gasteiger partial charge in [0.15, 0.2) is 0 Å². The molecule has 0 bridgehead atoms. The molecule has 2 rings (SSSR count). The fourth-order valence-corrected chi connectivity index (χ4v) is 1.57. The number of hydrogen-bond donors (Lipinski definition) is 2.